The highest BCUT2D eigenvalue weighted by atomic mass is 32.1. The van der Waals surface area contributed by atoms with Gasteiger partial charge in [-0.1, -0.05) is 42.5 Å². The number of alkyl halides is 3. The molecule has 186 valence electrons. The molecular weight excluding hydrogens is 508 g/mol. The Labute approximate surface area is 210 Å². The smallest absolute Gasteiger partial charge is 0.391 e. The second-order valence-corrected chi connectivity index (χ2v) is 10.3. The van der Waals surface area contributed by atoms with Crippen LogP contribution in [0.1, 0.15) is 28.4 Å². The third-order valence-electron chi connectivity index (χ3n) is 5.33. The number of thiophene rings is 1. The van der Waals surface area contributed by atoms with Crippen LogP contribution in [0, 0.1) is 0 Å². The number of hydrogen-bond acceptors (Lipinski definition) is 5. The molecule has 0 saturated carbocycles. The highest BCUT2D eigenvalue weighted by Gasteiger charge is 2.34. The lowest BCUT2D eigenvalue weighted by molar-refractivity contribution is -0.150. The van der Waals surface area contributed by atoms with Gasteiger partial charge < -0.3 is 15.6 Å². The number of hydrogen-bond donors (Lipinski definition) is 2. The van der Waals surface area contributed by atoms with Gasteiger partial charge >= 0.3 is 6.18 Å². The number of carbonyl (C=O) groups is 1. The van der Waals surface area contributed by atoms with Crippen molar-refractivity contribution in [2.45, 2.75) is 18.7 Å². The van der Waals surface area contributed by atoms with E-state index in [1.54, 1.807) is 53.8 Å². The highest BCUT2D eigenvalue weighted by Crippen LogP contribution is 2.39. The van der Waals surface area contributed by atoms with Crippen molar-refractivity contribution in [1.82, 2.24) is 0 Å². The van der Waals surface area contributed by atoms with Crippen molar-refractivity contribution in [3.05, 3.63) is 101 Å². The summed E-state index contributed by atoms with van der Waals surface area (Å²) in [4.78, 5) is 13.8. The zero-order valence-electron chi connectivity index (χ0n) is 18.8. The van der Waals surface area contributed by atoms with E-state index < -0.39 is 32.6 Å². The van der Waals surface area contributed by atoms with Gasteiger partial charge in [0.25, 0.3) is 5.91 Å². The number of benzene rings is 3. The molecule has 0 spiro atoms. The normalized spacial score (nSPS) is 13.2. The summed E-state index contributed by atoms with van der Waals surface area (Å²) in [5.41, 5.74) is 8.11. The fraction of sp³-hybridized carbons (Fsp3) is 0.115. The first kappa shape index (κ1) is 25.7. The Bertz CT molecular complexity index is 1350. The number of amides is 1. The van der Waals surface area contributed by atoms with Crippen molar-refractivity contribution in [3.63, 3.8) is 0 Å². The van der Waals surface area contributed by atoms with Gasteiger partial charge in [0, 0.05) is 15.7 Å². The minimum atomic E-state index is -4.54. The van der Waals surface area contributed by atoms with Gasteiger partial charge in [0.2, 0.25) is 8.03 Å². The van der Waals surface area contributed by atoms with Crippen molar-refractivity contribution in [2.75, 3.05) is 11.1 Å². The maximum Gasteiger partial charge on any atom is 0.391 e. The van der Waals surface area contributed by atoms with E-state index in [1.807, 2.05) is 23.6 Å². The quantitative estimate of drug-likeness (QED) is 0.189. The van der Waals surface area contributed by atoms with Gasteiger partial charge in [0.05, 0.1) is 23.9 Å². The van der Waals surface area contributed by atoms with E-state index in [9.17, 15) is 22.5 Å². The van der Waals surface area contributed by atoms with E-state index in [4.69, 9.17) is 10.3 Å². The molecule has 1 aromatic heterocycles. The molecule has 0 bridgehead atoms. The topological polar surface area (TPSA) is 81.4 Å². The molecule has 3 aromatic carbocycles. The van der Waals surface area contributed by atoms with Gasteiger partial charge in [-0.3, -0.25) is 9.36 Å². The second kappa shape index (κ2) is 11.1. The minimum absolute atomic E-state index is 0.164. The van der Waals surface area contributed by atoms with Gasteiger partial charge in [-0.05, 0) is 59.0 Å². The first-order chi connectivity index (χ1) is 17.2. The highest BCUT2D eigenvalue weighted by molar-refractivity contribution is 7.48. The molecule has 5 nitrogen and oxygen atoms in total. The Kier molecular flexibility index (Phi) is 7.94. The first-order valence-corrected chi connectivity index (χ1v) is 13.1. The molecule has 0 saturated heterocycles. The minimum Gasteiger partial charge on any atom is -0.397 e. The standard InChI is InChI=1S/C26H22F3N2O3PS/c27-26(28,29)16-23(34-35(33)20-5-2-1-3-6-20)17-8-10-18(11-9-17)25(32)31-22-15-19(12-13-21(22)30)24-7-4-14-36-24/h1-15,23,35H,16,30H2,(H,31,32). The third kappa shape index (κ3) is 6.63. The molecular formula is C26H22F3N2O3PS. The molecule has 0 aliphatic carbocycles. The zero-order chi connectivity index (χ0) is 25.7. The summed E-state index contributed by atoms with van der Waals surface area (Å²) in [7, 11) is -2.92. The van der Waals surface area contributed by atoms with Crippen LogP contribution in [0.4, 0.5) is 24.5 Å². The van der Waals surface area contributed by atoms with Crippen molar-refractivity contribution < 1.29 is 27.1 Å². The fourth-order valence-corrected chi connectivity index (χ4v) is 5.32. The van der Waals surface area contributed by atoms with Crippen LogP contribution >= 0.6 is 19.4 Å². The lowest BCUT2D eigenvalue weighted by Crippen LogP contribution is -2.16. The molecule has 1 amide bonds. The summed E-state index contributed by atoms with van der Waals surface area (Å²) in [6.07, 6.45) is -7.33. The molecule has 36 heavy (non-hydrogen) atoms. The van der Waals surface area contributed by atoms with Gasteiger partial charge in [0.15, 0.2) is 0 Å². The zero-order valence-corrected chi connectivity index (χ0v) is 20.6. The van der Waals surface area contributed by atoms with Crippen molar-refractivity contribution in [1.29, 1.82) is 0 Å². The number of nitrogens with one attached hydrogen (secondary N) is 1. The lowest BCUT2D eigenvalue weighted by atomic mass is 10.0. The predicted octanol–water partition coefficient (Wildman–Crippen LogP) is 7.06. The summed E-state index contributed by atoms with van der Waals surface area (Å²) < 4.78 is 57.6. The van der Waals surface area contributed by atoms with E-state index in [2.05, 4.69) is 5.32 Å². The van der Waals surface area contributed by atoms with Crippen LogP contribution in [0.15, 0.2) is 90.3 Å². The molecule has 0 fully saturated rings. The summed E-state index contributed by atoms with van der Waals surface area (Å²) >= 11 is 1.55. The summed E-state index contributed by atoms with van der Waals surface area (Å²) in [5, 5.41) is 5.02. The molecule has 2 atom stereocenters. The van der Waals surface area contributed by atoms with E-state index >= 15 is 0 Å². The Hall–Kier alpha value is -3.39. The molecule has 4 aromatic rings. The molecule has 3 N–H and O–H groups in total. The second-order valence-electron chi connectivity index (χ2n) is 7.93. The van der Waals surface area contributed by atoms with E-state index in [0.29, 0.717) is 16.7 Å². The van der Waals surface area contributed by atoms with Gasteiger partial charge in [-0.25, -0.2) is 0 Å². The summed E-state index contributed by atoms with van der Waals surface area (Å²) in [6.45, 7) is 0. The number of rotatable bonds is 8. The maximum absolute atomic E-state index is 13.2. The molecule has 1 heterocycles. The number of nitrogen functional groups attached to an aromatic ring is 1. The van der Waals surface area contributed by atoms with Crippen LogP contribution < -0.4 is 16.4 Å². The average molecular weight is 531 g/mol. The molecule has 2 unspecified atom stereocenters. The maximum atomic E-state index is 13.2. The van der Waals surface area contributed by atoms with Crippen LogP contribution in [0.2, 0.25) is 0 Å². The first-order valence-electron chi connectivity index (χ1n) is 10.9. The molecule has 4 rings (SSSR count). The number of carbonyl (C=O) groups excluding carboxylic acids is 1. The SMILES string of the molecule is Nc1ccc(-c2cccs2)cc1NC(=O)c1ccc(C(CC(F)(F)F)O[PH](=O)c2ccccc2)cc1. The van der Waals surface area contributed by atoms with E-state index in [0.717, 1.165) is 10.4 Å². The van der Waals surface area contributed by atoms with Crippen LogP contribution in [0.5, 0.6) is 0 Å². The van der Waals surface area contributed by atoms with Crippen LogP contribution in [0.3, 0.4) is 0 Å². The number of anilines is 2. The van der Waals surface area contributed by atoms with E-state index in [-0.39, 0.29) is 11.1 Å². The van der Waals surface area contributed by atoms with Crippen LogP contribution in [-0.2, 0) is 9.09 Å². The Balaban J connectivity index is 1.51. The molecule has 0 radical (unpaired) electrons. The Morgan fingerprint density at radius 1 is 1.00 bits per heavy atom. The van der Waals surface area contributed by atoms with Crippen LogP contribution in [-0.4, -0.2) is 12.1 Å². The lowest BCUT2D eigenvalue weighted by Gasteiger charge is -2.20. The average Bonchev–Trinajstić information content (AvgIpc) is 3.40. The van der Waals surface area contributed by atoms with Gasteiger partial charge in [-0.2, -0.15) is 13.2 Å². The van der Waals surface area contributed by atoms with Crippen molar-refractivity contribution >= 4 is 42.0 Å². The van der Waals surface area contributed by atoms with Gasteiger partial charge in [0.1, 0.15) is 0 Å². The number of nitrogens with two attached hydrogens (primary N) is 1. The van der Waals surface area contributed by atoms with E-state index in [1.165, 1.54) is 24.3 Å². The Morgan fingerprint density at radius 3 is 2.36 bits per heavy atom. The largest absolute Gasteiger partial charge is 0.397 e. The Morgan fingerprint density at radius 2 is 1.72 bits per heavy atom. The molecule has 10 heteroatoms. The van der Waals surface area contributed by atoms with Crippen molar-refractivity contribution in [3.8, 4) is 10.4 Å². The molecule has 0 aliphatic heterocycles. The summed E-state index contributed by atoms with van der Waals surface area (Å²) in [5.74, 6) is -0.470. The monoisotopic (exact) mass is 530 g/mol. The number of halogens is 3. The molecule has 0 aliphatic rings. The third-order valence-corrected chi connectivity index (χ3v) is 7.55. The van der Waals surface area contributed by atoms with Gasteiger partial charge in [-0.15, -0.1) is 11.3 Å². The van der Waals surface area contributed by atoms with Crippen molar-refractivity contribution in [2.24, 2.45) is 0 Å². The van der Waals surface area contributed by atoms with Crippen LogP contribution in [0.25, 0.3) is 10.4 Å². The predicted molar refractivity (Wildman–Crippen MR) is 138 cm³/mol. The summed E-state index contributed by atoms with van der Waals surface area (Å²) in [6, 6.07) is 22.8. The fourth-order valence-electron chi connectivity index (χ4n) is 3.51.